The van der Waals surface area contributed by atoms with E-state index in [-0.39, 0.29) is 22.6 Å². The summed E-state index contributed by atoms with van der Waals surface area (Å²) in [4.78, 5) is 29.5. The Balaban J connectivity index is 1.44. The summed E-state index contributed by atoms with van der Waals surface area (Å²) < 4.78 is 0. The fourth-order valence-electron chi connectivity index (χ4n) is 3.88. The predicted octanol–water partition coefficient (Wildman–Crippen LogP) is 2.39. The van der Waals surface area contributed by atoms with Crippen molar-refractivity contribution in [1.29, 1.82) is 0 Å². The highest BCUT2D eigenvalue weighted by molar-refractivity contribution is 7.99. The number of carbonyl (C=O) groups is 1. The number of nitrogens with one attached hydrogen (secondary N) is 2. The molecule has 1 aliphatic heterocycles. The van der Waals surface area contributed by atoms with Crippen LogP contribution in [0.1, 0.15) is 31.2 Å². The van der Waals surface area contributed by atoms with Gasteiger partial charge >= 0.3 is 0 Å². The largest absolute Gasteiger partial charge is 0.354 e. The minimum atomic E-state index is -0.390. The van der Waals surface area contributed by atoms with E-state index in [9.17, 15) is 14.9 Å². The number of aliphatic imine (C=N–C) groups is 1. The topological polar surface area (TPSA) is 99.9 Å². The van der Waals surface area contributed by atoms with E-state index in [1.807, 2.05) is 22.7 Å². The fraction of sp³-hybridized carbons (Fsp3) is 0.600. The summed E-state index contributed by atoms with van der Waals surface area (Å²) in [5.41, 5.74) is 0.915. The Labute approximate surface area is 175 Å². The first-order valence-electron chi connectivity index (χ1n) is 10.1. The van der Waals surface area contributed by atoms with Gasteiger partial charge in [-0.3, -0.25) is 19.9 Å². The summed E-state index contributed by atoms with van der Waals surface area (Å²) in [6.07, 6.45) is 3.69. The minimum absolute atomic E-state index is 0.0857. The molecule has 2 fully saturated rings. The number of nitro groups is 1. The second kappa shape index (κ2) is 10.5. The number of guanidine groups is 1. The van der Waals surface area contributed by atoms with Crippen molar-refractivity contribution >= 4 is 29.3 Å². The molecule has 2 N–H and O–H groups in total. The fourth-order valence-corrected chi connectivity index (χ4v) is 4.78. The number of amides is 1. The average molecular weight is 420 g/mol. The van der Waals surface area contributed by atoms with E-state index in [4.69, 9.17) is 0 Å². The molecule has 0 radical (unpaired) electrons. The maximum atomic E-state index is 12.7. The molecule has 8 nitrogen and oxygen atoms in total. The molecule has 1 aromatic rings. The SMILES string of the molecule is CN=C(NCc1cccc([N+](=O)[O-])c1)NC1CCC(C(=O)N2CCSCC2)CC1. The molecular formula is C20H29N5O3S. The molecule has 3 rings (SSSR count). The van der Waals surface area contributed by atoms with Crippen molar-refractivity contribution in [2.24, 2.45) is 10.9 Å². The Morgan fingerprint density at radius 1 is 1.28 bits per heavy atom. The lowest BCUT2D eigenvalue weighted by atomic mass is 9.85. The molecule has 1 aliphatic carbocycles. The van der Waals surface area contributed by atoms with E-state index in [1.54, 1.807) is 19.2 Å². The van der Waals surface area contributed by atoms with Gasteiger partial charge in [-0.05, 0) is 31.2 Å². The van der Waals surface area contributed by atoms with Gasteiger partial charge in [-0.25, -0.2) is 0 Å². The lowest BCUT2D eigenvalue weighted by Crippen LogP contribution is -2.47. The van der Waals surface area contributed by atoms with Crippen LogP contribution < -0.4 is 10.6 Å². The first kappa shape index (κ1) is 21.4. The third-order valence-electron chi connectivity index (χ3n) is 5.54. The first-order chi connectivity index (χ1) is 14.1. The van der Waals surface area contributed by atoms with Crippen LogP contribution in [0.3, 0.4) is 0 Å². The molecule has 2 aliphatic rings. The van der Waals surface area contributed by atoms with Crippen LogP contribution in [0.2, 0.25) is 0 Å². The summed E-state index contributed by atoms with van der Waals surface area (Å²) in [5.74, 6) is 3.26. The molecule has 0 bridgehead atoms. The number of rotatable bonds is 5. The van der Waals surface area contributed by atoms with Crippen LogP contribution in [0.25, 0.3) is 0 Å². The molecule has 0 aromatic heterocycles. The van der Waals surface area contributed by atoms with Gasteiger partial charge < -0.3 is 15.5 Å². The lowest BCUT2D eigenvalue weighted by molar-refractivity contribution is -0.384. The van der Waals surface area contributed by atoms with Crippen molar-refractivity contribution in [2.45, 2.75) is 38.3 Å². The maximum Gasteiger partial charge on any atom is 0.269 e. The maximum absolute atomic E-state index is 12.7. The van der Waals surface area contributed by atoms with Crippen LogP contribution in [0.4, 0.5) is 5.69 Å². The molecule has 1 saturated carbocycles. The summed E-state index contributed by atoms with van der Waals surface area (Å²) >= 11 is 1.92. The number of thioether (sulfide) groups is 1. The second-order valence-electron chi connectivity index (χ2n) is 7.48. The van der Waals surface area contributed by atoms with E-state index in [1.165, 1.54) is 6.07 Å². The monoisotopic (exact) mass is 419 g/mol. The summed E-state index contributed by atoms with van der Waals surface area (Å²) in [6, 6.07) is 6.87. The van der Waals surface area contributed by atoms with E-state index >= 15 is 0 Å². The van der Waals surface area contributed by atoms with E-state index in [2.05, 4.69) is 15.6 Å². The van der Waals surface area contributed by atoms with Gasteiger partial charge in [0, 0.05) is 62.3 Å². The first-order valence-corrected chi connectivity index (χ1v) is 11.3. The molecule has 1 amide bonds. The van der Waals surface area contributed by atoms with Crippen molar-refractivity contribution in [1.82, 2.24) is 15.5 Å². The van der Waals surface area contributed by atoms with Crippen molar-refractivity contribution in [2.75, 3.05) is 31.6 Å². The zero-order valence-electron chi connectivity index (χ0n) is 16.8. The van der Waals surface area contributed by atoms with Gasteiger partial charge in [0.25, 0.3) is 5.69 Å². The zero-order valence-corrected chi connectivity index (χ0v) is 17.6. The summed E-state index contributed by atoms with van der Waals surface area (Å²) in [6.45, 7) is 2.23. The highest BCUT2D eigenvalue weighted by Gasteiger charge is 2.30. The third-order valence-corrected chi connectivity index (χ3v) is 6.49. The molecule has 0 unspecified atom stereocenters. The van der Waals surface area contributed by atoms with Gasteiger partial charge in [0.15, 0.2) is 5.96 Å². The van der Waals surface area contributed by atoms with E-state index in [0.717, 1.165) is 55.8 Å². The van der Waals surface area contributed by atoms with Crippen molar-refractivity contribution in [3.05, 3.63) is 39.9 Å². The van der Waals surface area contributed by atoms with Crippen molar-refractivity contribution in [3.8, 4) is 0 Å². The molecule has 29 heavy (non-hydrogen) atoms. The van der Waals surface area contributed by atoms with E-state index in [0.29, 0.717) is 18.4 Å². The van der Waals surface area contributed by atoms with Gasteiger partial charge in [0.2, 0.25) is 5.91 Å². The number of nitrogens with zero attached hydrogens (tertiary/aromatic N) is 3. The van der Waals surface area contributed by atoms with Gasteiger partial charge in [-0.2, -0.15) is 11.8 Å². The van der Waals surface area contributed by atoms with E-state index < -0.39 is 0 Å². The standard InChI is InChI=1S/C20H29N5O3S/c1-21-20(22-14-15-3-2-4-18(13-15)25(27)28)23-17-7-5-16(6-8-17)19(26)24-9-11-29-12-10-24/h2-4,13,16-17H,5-12,14H2,1H3,(H2,21,22,23). The predicted molar refractivity (Wildman–Crippen MR) is 116 cm³/mol. The molecule has 1 aromatic carbocycles. The number of hydrogen-bond acceptors (Lipinski definition) is 5. The van der Waals surface area contributed by atoms with Gasteiger partial charge in [-0.15, -0.1) is 0 Å². The van der Waals surface area contributed by atoms with Crippen LogP contribution in [0.15, 0.2) is 29.3 Å². The Morgan fingerprint density at radius 3 is 2.66 bits per heavy atom. The van der Waals surface area contributed by atoms with Crippen LogP contribution in [-0.4, -0.2) is 59.4 Å². The van der Waals surface area contributed by atoms with Gasteiger partial charge in [0.05, 0.1) is 4.92 Å². The van der Waals surface area contributed by atoms with Gasteiger partial charge in [-0.1, -0.05) is 12.1 Å². The molecule has 0 atom stereocenters. The van der Waals surface area contributed by atoms with Crippen molar-refractivity contribution < 1.29 is 9.72 Å². The molecule has 1 saturated heterocycles. The molecule has 0 spiro atoms. The molecular weight excluding hydrogens is 390 g/mol. The normalized spacial score (nSPS) is 22.8. The number of benzene rings is 1. The Morgan fingerprint density at radius 2 is 2.00 bits per heavy atom. The quantitative estimate of drug-likeness (QED) is 0.329. The average Bonchev–Trinajstić information content (AvgIpc) is 2.77. The third kappa shape index (κ3) is 6.09. The highest BCUT2D eigenvalue weighted by atomic mass is 32.2. The van der Waals surface area contributed by atoms with Gasteiger partial charge in [0.1, 0.15) is 0 Å². The lowest BCUT2D eigenvalue weighted by Gasteiger charge is -2.34. The summed E-state index contributed by atoms with van der Waals surface area (Å²) in [5, 5.41) is 17.6. The molecule has 158 valence electrons. The Hall–Kier alpha value is -2.29. The molecule has 1 heterocycles. The number of hydrogen-bond donors (Lipinski definition) is 2. The smallest absolute Gasteiger partial charge is 0.269 e. The number of nitro benzene ring substituents is 1. The molecule has 9 heteroatoms. The Bertz CT molecular complexity index is 743. The van der Waals surface area contributed by atoms with Crippen LogP contribution in [-0.2, 0) is 11.3 Å². The minimum Gasteiger partial charge on any atom is -0.354 e. The highest BCUT2D eigenvalue weighted by Crippen LogP contribution is 2.27. The second-order valence-corrected chi connectivity index (χ2v) is 8.71. The number of non-ortho nitro benzene ring substituents is 1. The van der Waals surface area contributed by atoms with Crippen LogP contribution in [0, 0.1) is 16.0 Å². The van der Waals surface area contributed by atoms with Crippen LogP contribution in [0.5, 0.6) is 0 Å². The Kier molecular flexibility index (Phi) is 7.74. The summed E-state index contributed by atoms with van der Waals surface area (Å²) in [7, 11) is 1.71. The zero-order chi connectivity index (χ0) is 20.6. The van der Waals surface area contributed by atoms with Crippen LogP contribution >= 0.6 is 11.8 Å². The van der Waals surface area contributed by atoms with Crippen molar-refractivity contribution in [3.63, 3.8) is 0 Å². The number of carbonyl (C=O) groups excluding carboxylic acids is 1.